The van der Waals surface area contributed by atoms with Crippen molar-refractivity contribution < 1.29 is 18.0 Å². The number of aryl methyl sites for hydroxylation is 1. The molecule has 0 fully saturated rings. The van der Waals surface area contributed by atoms with Gasteiger partial charge >= 0.3 is 0 Å². The molecular weight excluding hydrogens is 566 g/mol. The van der Waals surface area contributed by atoms with Crippen molar-refractivity contribution in [1.82, 2.24) is 10.2 Å². The van der Waals surface area contributed by atoms with E-state index in [-0.39, 0.29) is 17.3 Å². The lowest BCUT2D eigenvalue weighted by molar-refractivity contribution is -0.139. The Morgan fingerprint density at radius 2 is 1.66 bits per heavy atom. The van der Waals surface area contributed by atoms with Crippen LogP contribution in [0, 0.1) is 6.92 Å². The van der Waals surface area contributed by atoms with E-state index in [1.165, 1.54) is 17.0 Å². The number of hydrogen-bond acceptors (Lipinski definition) is 4. The van der Waals surface area contributed by atoms with Crippen LogP contribution in [0.15, 0.2) is 88.2 Å². The molecule has 38 heavy (non-hydrogen) atoms. The molecule has 0 radical (unpaired) electrons. The Labute approximate surface area is 234 Å². The number of carbonyl (C=O) groups is 2. The topological polar surface area (TPSA) is 86.8 Å². The maximum absolute atomic E-state index is 13.9. The normalized spacial score (nSPS) is 12.0. The van der Waals surface area contributed by atoms with Crippen LogP contribution >= 0.6 is 15.9 Å². The summed E-state index contributed by atoms with van der Waals surface area (Å²) >= 11 is 3.42. The molecule has 3 aromatic carbocycles. The molecule has 1 atom stereocenters. The molecule has 202 valence electrons. The first kappa shape index (κ1) is 29.4. The van der Waals surface area contributed by atoms with Gasteiger partial charge in [-0.3, -0.25) is 13.9 Å². The van der Waals surface area contributed by atoms with Crippen molar-refractivity contribution in [3.8, 4) is 0 Å². The van der Waals surface area contributed by atoms with Crippen LogP contribution in [0.3, 0.4) is 0 Å². The second kappa shape index (κ2) is 13.6. The number of hydrogen-bond donors (Lipinski definition) is 1. The molecule has 0 saturated heterocycles. The Bertz CT molecular complexity index is 1330. The molecule has 1 unspecified atom stereocenters. The fourth-order valence-corrected chi connectivity index (χ4v) is 5.63. The predicted octanol–water partition coefficient (Wildman–Crippen LogP) is 5.29. The van der Waals surface area contributed by atoms with E-state index in [2.05, 4.69) is 21.2 Å². The highest BCUT2D eigenvalue weighted by Gasteiger charge is 2.32. The molecule has 0 aliphatic carbocycles. The number of carbonyl (C=O) groups excluding carboxylic acids is 2. The Morgan fingerprint density at radius 3 is 2.29 bits per heavy atom. The summed E-state index contributed by atoms with van der Waals surface area (Å²) in [6, 6.07) is 21.7. The van der Waals surface area contributed by atoms with Crippen molar-refractivity contribution in [2.24, 2.45) is 0 Å². The maximum Gasteiger partial charge on any atom is 0.264 e. The van der Waals surface area contributed by atoms with Crippen molar-refractivity contribution >= 4 is 43.5 Å². The predicted molar refractivity (Wildman–Crippen MR) is 154 cm³/mol. The number of amides is 2. The summed E-state index contributed by atoms with van der Waals surface area (Å²) in [6.07, 6.45) is 1.76. The van der Waals surface area contributed by atoms with Crippen LogP contribution in [0.25, 0.3) is 0 Å². The summed E-state index contributed by atoms with van der Waals surface area (Å²) < 4.78 is 29.5. The summed E-state index contributed by atoms with van der Waals surface area (Å²) in [4.78, 5) is 28.4. The molecule has 9 heteroatoms. The summed E-state index contributed by atoms with van der Waals surface area (Å²) in [5.41, 5.74) is 2.06. The van der Waals surface area contributed by atoms with E-state index in [0.717, 1.165) is 32.7 Å². The lowest BCUT2D eigenvalue weighted by atomic mass is 10.1. The van der Waals surface area contributed by atoms with E-state index < -0.39 is 28.5 Å². The molecular formula is C29H34BrN3O4S. The molecule has 0 aromatic heterocycles. The SMILES string of the molecule is CCCCNC(=O)C(C)N(Cc1ccc(Br)cc1)C(=O)CN(c1cccc(C)c1)S(=O)(=O)c1ccccc1. The third kappa shape index (κ3) is 7.68. The molecule has 0 saturated carbocycles. The van der Waals surface area contributed by atoms with Crippen LogP contribution in [-0.2, 0) is 26.2 Å². The van der Waals surface area contributed by atoms with Crippen molar-refractivity contribution in [1.29, 1.82) is 0 Å². The zero-order valence-electron chi connectivity index (χ0n) is 21.9. The van der Waals surface area contributed by atoms with Gasteiger partial charge in [-0.1, -0.05) is 71.7 Å². The van der Waals surface area contributed by atoms with E-state index in [1.54, 1.807) is 43.3 Å². The summed E-state index contributed by atoms with van der Waals surface area (Å²) in [5.74, 6) is -0.760. The molecule has 2 amide bonds. The van der Waals surface area contributed by atoms with Gasteiger partial charge in [-0.25, -0.2) is 8.42 Å². The van der Waals surface area contributed by atoms with Crippen molar-refractivity contribution in [3.05, 3.63) is 94.5 Å². The Kier molecular flexibility index (Phi) is 10.5. The first-order chi connectivity index (χ1) is 18.1. The smallest absolute Gasteiger partial charge is 0.264 e. The number of nitrogens with one attached hydrogen (secondary N) is 1. The largest absolute Gasteiger partial charge is 0.354 e. The Balaban J connectivity index is 1.98. The molecule has 0 spiro atoms. The van der Waals surface area contributed by atoms with Gasteiger partial charge in [0.05, 0.1) is 10.6 Å². The van der Waals surface area contributed by atoms with E-state index in [0.29, 0.717) is 12.2 Å². The number of sulfonamides is 1. The van der Waals surface area contributed by atoms with Crippen LogP contribution in [0.1, 0.15) is 37.8 Å². The lowest BCUT2D eigenvalue weighted by Crippen LogP contribution is -2.51. The molecule has 0 aliphatic heterocycles. The van der Waals surface area contributed by atoms with Crippen LogP contribution in [0.5, 0.6) is 0 Å². The highest BCUT2D eigenvalue weighted by molar-refractivity contribution is 9.10. The molecule has 0 bridgehead atoms. The van der Waals surface area contributed by atoms with Gasteiger partial charge in [0, 0.05) is 17.6 Å². The average molecular weight is 601 g/mol. The molecule has 3 rings (SSSR count). The number of anilines is 1. The molecule has 7 nitrogen and oxygen atoms in total. The standard InChI is InChI=1S/C29H34BrN3O4S/c1-4-5-18-31-29(35)23(3)32(20-24-14-16-25(30)17-15-24)28(34)21-33(26-11-9-10-22(2)19-26)38(36,37)27-12-7-6-8-13-27/h6-17,19,23H,4-5,18,20-21H2,1-3H3,(H,31,35). The average Bonchev–Trinajstić information content (AvgIpc) is 2.91. The zero-order valence-corrected chi connectivity index (χ0v) is 24.3. The Hall–Kier alpha value is -3.17. The number of halogens is 1. The van der Waals surface area contributed by atoms with Gasteiger partial charge in [0.1, 0.15) is 12.6 Å². The van der Waals surface area contributed by atoms with Crippen molar-refractivity contribution in [2.75, 3.05) is 17.4 Å². The number of rotatable bonds is 12. The quantitative estimate of drug-likeness (QED) is 0.287. The second-order valence-corrected chi connectivity index (χ2v) is 11.9. The van der Waals surface area contributed by atoms with Gasteiger partial charge in [0.25, 0.3) is 10.0 Å². The van der Waals surface area contributed by atoms with Gasteiger partial charge in [-0.2, -0.15) is 0 Å². The number of nitrogens with zero attached hydrogens (tertiary/aromatic N) is 2. The maximum atomic E-state index is 13.9. The minimum atomic E-state index is -4.06. The Morgan fingerprint density at radius 1 is 0.974 bits per heavy atom. The minimum Gasteiger partial charge on any atom is -0.354 e. The summed E-state index contributed by atoms with van der Waals surface area (Å²) in [7, 11) is -4.06. The van der Waals surface area contributed by atoms with Crippen LogP contribution in [0.4, 0.5) is 5.69 Å². The summed E-state index contributed by atoms with van der Waals surface area (Å²) in [5, 5.41) is 2.89. The van der Waals surface area contributed by atoms with Crippen LogP contribution < -0.4 is 9.62 Å². The van der Waals surface area contributed by atoms with Gasteiger partial charge in [0.15, 0.2) is 0 Å². The molecule has 3 aromatic rings. The lowest BCUT2D eigenvalue weighted by Gasteiger charge is -2.32. The van der Waals surface area contributed by atoms with Crippen molar-refractivity contribution in [2.45, 2.75) is 51.1 Å². The minimum absolute atomic E-state index is 0.0825. The number of benzene rings is 3. The first-order valence-corrected chi connectivity index (χ1v) is 14.8. The van der Waals surface area contributed by atoms with E-state index in [9.17, 15) is 18.0 Å². The molecule has 0 heterocycles. The van der Waals surface area contributed by atoms with Crippen molar-refractivity contribution in [3.63, 3.8) is 0 Å². The zero-order chi connectivity index (χ0) is 27.7. The van der Waals surface area contributed by atoms with Crippen LogP contribution in [-0.4, -0.2) is 44.3 Å². The van der Waals surface area contributed by atoms with Gasteiger partial charge in [-0.05, 0) is 67.8 Å². The first-order valence-electron chi connectivity index (χ1n) is 12.6. The molecule has 1 N–H and O–H groups in total. The highest BCUT2D eigenvalue weighted by Crippen LogP contribution is 2.25. The third-order valence-corrected chi connectivity index (χ3v) is 8.48. The highest BCUT2D eigenvalue weighted by atomic mass is 79.9. The van der Waals surface area contributed by atoms with Gasteiger partial charge in [-0.15, -0.1) is 0 Å². The molecule has 0 aliphatic rings. The monoisotopic (exact) mass is 599 g/mol. The second-order valence-electron chi connectivity index (χ2n) is 9.13. The van der Waals surface area contributed by atoms with E-state index in [4.69, 9.17) is 0 Å². The number of unbranched alkanes of at least 4 members (excludes halogenated alkanes) is 1. The van der Waals surface area contributed by atoms with E-state index in [1.807, 2.05) is 44.2 Å². The fraction of sp³-hybridized carbons (Fsp3) is 0.310. The fourth-order valence-electron chi connectivity index (χ4n) is 3.94. The van der Waals surface area contributed by atoms with E-state index >= 15 is 0 Å². The summed E-state index contributed by atoms with van der Waals surface area (Å²) in [6.45, 7) is 5.77. The van der Waals surface area contributed by atoms with Gasteiger partial charge < -0.3 is 10.2 Å². The van der Waals surface area contributed by atoms with Gasteiger partial charge in [0.2, 0.25) is 11.8 Å². The third-order valence-electron chi connectivity index (χ3n) is 6.16. The van der Waals surface area contributed by atoms with Crippen LogP contribution in [0.2, 0.25) is 0 Å².